The molecule has 5 atom stereocenters. The van der Waals surface area contributed by atoms with Gasteiger partial charge in [-0.3, -0.25) is 4.79 Å². The van der Waals surface area contributed by atoms with Crippen LogP contribution >= 0.6 is 0 Å². The van der Waals surface area contributed by atoms with Gasteiger partial charge in [0.1, 0.15) is 5.60 Å². The van der Waals surface area contributed by atoms with E-state index in [0.29, 0.717) is 65.0 Å². The molecule has 5 unspecified atom stereocenters. The largest absolute Gasteiger partial charge is 0.460 e. The molecule has 0 aliphatic carbocycles. The van der Waals surface area contributed by atoms with Gasteiger partial charge in [0.25, 0.3) is 0 Å². The third-order valence-corrected chi connectivity index (χ3v) is 14.1. The summed E-state index contributed by atoms with van der Waals surface area (Å²) < 4.78 is 46.3. The van der Waals surface area contributed by atoms with E-state index in [1.54, 1.807) is 6.92 Å². The van der Waals surface area contributed by atoms with Crippen LogP contribution in [0.4, 0.5) is 0 Å². The van der Waals surface area contributed by atoms with E-state index >= 15 is 0 Å². The van der Waals surface area contributed by atoms with Gasteiger partial charge >= 0.3 is 5.97 Å². The van der Waals surface area contributed by atoms with E-state index in [2.05, 4.69) is 74.5 Å². The van der Waals surface area contributed by atoms with Crippen LogP contribution in [-0.2, 0) is 38.0 Å². The fourth-order valence-corrected chi connectivity index (χ4v) is 9.83. The molecular formula is C55H104O10. The molecule has 2 aliphatic rings. The Morgan fingerprint density at radius 3 is 1.83 bits per heavy atom. The quantitative estimate of drug-likeness (QED) is 0.0468. The summed E-state index contributed by atoms with van der Waals surface area (Å²) in [5.41, 5.74) is -4.70. The number of fused-ring (bicyclic) bond motifs is 1. The summed E-state index contributed by atoms with van der Waals surface area (Å²) >= 11 is 0. The first-order valence-corrected chi connectivity index (χ1v) is 26.1. The number of unbranched alkanes of at least 4 members (excludes halogenated alkanes) is 11. The minimum atomic E-state index is -1.39. The molecule has 0 aromatic heterocycles. The van der Waals surface area contributed by atoms with Gasteiger partial charge in [0, 0.05) is 37.0 Å². The van der Waals surface area contributed by atoms with E-state index in [0.717, 1.165) is 25.7 Å². The second-order valence-corrected chi connectivity index (χ2v) is 24.1. The number of aliphatic hydroxyl groups is 2. The van der Waals surface area contributed by atoms with Gasteiger partial charge in [-0.15, -0.1) is 0 Å². The van der Waals surface area contributed by atoms with Crippen LogP contribution in [0.1, 0.15) is 233 Å². The molecule has 384 valence electrons. The summed E-state index contributed by atoms with van der Waals surface area (Å²) in [6.45, 7) is 34.6. The number of ether oxygens (including phenoxy) is 7. The Morgan fingerprint density at radius 1 is 0.692 bits per heavy atom. The van der Waals surface area contributed by atoms with Crippen molar-refractivity contribution >= 4 is 5.97 Å². The molecule has 10 heteroatoms. The van der Waals surface area contributed by atoms with E-state index in [-0.39, 0.29) is 36.4 Å². The lowest BCUT2D eigenvalue weighted by molar-refractivity contribution is -0.265. The van der Waals surface area contributed by atoms with E-state index in [9.17, 15) is 15.0 Å². The molecule has 0 spiro atoms. The minimum Gasteiger partial charge on any atom is -0.460 e. The molecule has 0 aromatic rings. The second kappa shape index (κ2) is 26.8. The zero-order chi connectivity index (χ0) is 49.2. The maximum Gasteiger partial charge on any atom is 0.306 e. The molecule has 2 saturated heterocycles. The van der Waals surface area contributed by atoms with Gasteiger partial charge in [-0.25, -0.2) is 0 Å². The first kappa shape index (κ1) is 60.0. The van der Waals surface area contributed by atoms with Crippen LogP contribution in [0.3, 0.4) is 0 Å². The normalized spacial score (nSPS) is 25.9. The summed E-state index contributed by atoms with van der Waals surface area (Å²) in [5, 5.41) is 21.8. The Morgan fingerprint density at radius 2 is 1.23 bits per heavy atom. The third-order valence-electron chi connectivity index (χ3n) is 14.1. The number of rotatable bonds is 27. The molecule has 2 aliphatic heterocycles. The summed E-state index contributed by atoms with van der Waals surface area (Å²) in [4.78, 5) is 13.0. The van der Waals surface area contributed by atoms with Gasteiger partial charge in [-0.05, 0) is 155 Å². The van der Waals surface area contributed by atoms with Crippen molar-refractivity contribution in [1.29, 1.82) is 0 Å². The third kappa shape index (κ3) is 23.8. The smallest absolute Gasteiger partial charge is 0.306 e. The lowest BCUT2D eigenvalue weighted by Crippen LogP contribution is -2.56. The van der Waals surface area contributed by atoms with Crippen LogP contribution in [0.5, 0.6) is 0 Å². The maximum absolute atomic E-state index is 13.0. The lowest BCUT2D eigenvalue weighted by atomic mass is 9.65. The van der Waals surface area contributed by atoms with Crippen LogP contribution < -0.4 is 0 Å². The summed E-state index contributed by atoms with van der Waals surface area (Å²) in [6.07, 6.45) is 23.3. The van der Waals surface area contributed by atoms with Crippen LogP contribution in [0.15, 0.2) is 12.2 Å². The molecule has 2 rings (SSSR count). The summed E-state index contributed by atoms with van der Waals surface area (Å²) in [5.74, 6) is -1.83. The van der Waals surface area contributed by atoms with Crippen LogP contribution in [0.2, 0.25) is 0 Å². The van der Waals surface area contributed by atoms with E-state index in [1.165, 1.54) is 57.8 Å². The number of carbonyl (C=O) groups excluding carboxylic acids is 1. The van der Waals surface area contributed by atoms with Gasteiger partial charge in [-0.1, -0.05) is 70.4 Å². The van der Waals surface area contributed by atoms with E-state index in [1.807, 2.05) is 41.5 Å². The first-order chi connectivity index (χ1) is 29.9. The Bertz CT molecular complexity index is 1360. The van der Waals surface area contributed by atoms with Crippen molar-refractivity contribution in [2.45, 2.75) is 284 Å². The van der Waals surface area contributed by atoms with Gasteiger partial charge in [0.05, 0.1) is 72.7 Å². The molecule has 2 N–H and O–H groups in total. The van der Waals surface area contributed by atoms with Crippen LogP contribution in [0.25, 0.3) is 0 Å². The standard InChI is InChI=1S/C55H104O10/c1-17-18-19-20-21-22-23-24-25-26-27-28-29-30-31-32-45(56)64-49(4,5)34-38-60-51(8,9)41-43-47-46(44(42-59-47)53(12,13)61-37-33-48(2,3)57)54(14,15)63-39-35-50(6,7)65-55(16,58)36-40-62-52(43,10)11/h24-25,43-44,46-47,57-58H,17-23,26-42H2,1-16H3/b25-24-. The zero-order valence-corrected chi connectivity index (χ0v) is 45.1. The molecule has 0 aromatic carbocycles. The highest BCUT2D eigenvalue weighted by atomic mass is 16.6. The lowest BCUT2D eigenvalue weighted by Gasteiger charge is -2.49. The Balaban J connectivity index is 2.10. The second-order valence-electron chi connectivity index (χ2n) is 24.1. The van der Waals surface area contributed by atoms with Gasteiger partial charge < -0.3 is 43.4 Å². The SMILES string of the molecule is CCCCCCCC/C=C\CCCCCCCC(=O)OC(C)(C)CCOC(C)(C)CC1C2OCC(C(C)(C)OCCC(C)(C)O)C2C(C)(C)OCCC(C)(C)OC(C)(O)CCOC1(C)C. The average molecular weight is 925 g/mol. The molecule has 65 heavy (non-hydrogen) atoms. The van der Waals surface area contributed by atoms with Crippen molar-refractivity contribution < 1.29 is 48.2 Å². The highest BCUT2D eigenvalue weighted by Crippen LogP contribution is 2.51. The molecule has 0 saturated carbocycles. The monoisotopic (exact) mass is 925 g/mol. The number of hydrogen-bond acceptors (Lipinski definition) is 10. The highest BCUT2D eigenvalue weighted by Gasteiger charge is 2.58. The maximum atomic E-state index is 13.0. The van der Waals surface area contributed by atoms with Gasteiger partial charge in [-0.2, -0.15) is 0 Å². The van der Waals surface area contributed by atoms with Crippen molar-refractivity contribution in [3.63, 3.8) is 0 Å². The molecule has 10 nitrogen and oxygen atoms in total. The minimum absolute atomic E-state index is 0.0354. The van der Waals surface area contributed by atoms with Crippen LogP contribution in [0, 0.1) is 17.8 Å². The molecular weight excluding hydrogens is 821 g/mol. The van der Waals surface area contributed by atoms with E-state index < -0.39 is 45.0 Å². The fourth-order valence-electron chi connectivity index (χ4n) is 9.83. The van der Waals surface area contributed by atoms with Crippen LogP contribution in [-0.4, -0.2) is 100 Å². The highest BCUT2D eigenvalue weighted by molar-refractivity contribution is 5.69. The Labute approximate surface area is 399 Å². The van der Waals surface area contributed by atoms with Gasteiger partial charge in [0.15, 0.2) is 5.79 Å². The topological polar surface area (TPSA) is 122 Å². The molecule has 0 radical (unpaired) electrons. The number of carbonyl (C=O) groups is 1. The van der Waals surface area contributed by atoms with Crippen molar-refractivity contribution in [2.24, 2.45) is 17.8 Å². The average Bonchev–Trinajstić information content (AvgIpc) is 3.60. The predicted molar refractivity (Wildman–Crippen MR) is 265 cm³/mol. The molecule has 0 bridgehead atoms. The Hall–Kier alpha value is -1.11. The molecule has 2 heterocycles. The van der Waals surface area contributed by atoms with Crippen molar-refractivity contribution in [1.82, 2.24) is 0 Å². The van der Waals surface area contributed by atoms with Crippen molar-refractivity contribution in [3.8, 4) is 0 Å². The van der Waals surface area contributed by atoms with Crippen molar-refractivity contribution in [3.05, 3.63) is 12.2 Å². The number of allylic oxidation sites excluding steroid dienone is 2. The number of esters is 1. The fraction of sp³-hybridized carbons (Fsp3) is 0.945. The Kier molecular flexibility index (Phi) is 24.7. The zero-order valence-electron chi connectivity index (χ0n) is 45.1. The summed E-state index contributed by atoms with van der Waals surface area (Å²) in [6, 6.07) is 0. The number of hydrogen-bond donors (Lipinski definition) is 2. The molecule has 0 amide bonds. The first-order valence-electron chi connectivity index (χ1n) is 26.1. The predicted octanol–water partition coefficient (Wildman–Crippen LogP) is 13.0. The van der Waals surface area contributed by atoms with E-state index in [4.69, 9.17) is 33.2 Å². The van der Waals surface area contributed by atoms with Gasteiger partial charge in [0.2, 0.25) is 0 Å². The van der Waals surface area contributed by atoms with Crippen molar-refractivity contribution in [2.75, 3.05) is 33.0 Å². The summed E-state index contributed by atoms with van der Waals surface area (Å²) in [7, 11) is 0. The molecule has 2 fully saturated rings.